The number of benzene rings is 2. The highest BCUT2D eigenvalue weighted by Gasteiger charge is 2.49. The summed E-state index contributed by atoms with van der Waals surface area (Å²) in [5.74, 6) is -0.749. The summed E-state index contributed by atoms with van der Waals surface area (Å²) in [4.78, 5) is 14.4. The van der Waals surface area contributed by atoms with Gasteiger partial charge in [-0.25, -0.2) is 4.39 Å². The van der Waals surface area contributed by atoms with E-state index in [9.17, 15) is 19.6 Å². The summed E-state index contributed by atoms with van der Waals surface area (Å²) < 4.78 is 13.5. The average molecular weight is 456 g/mol. The van der Waals surface area contributed by atoms with Gasteiger partial charge in [-0.2, -0.15) is 5.26 Å². The normalized spacial score (nSPS) is 27.4. The Hall–Kier alpha value is -3.15. The van der Waals surface area contributed by atoms with Crippen LogP contribution in [0.4, 0.5) is 15.8 Å². The second kappa shape index (κ2) is 7.76. The van der Waals surface area contributed by atoms with Crippen molar-refractivity contribution in [2.24, 2.45) is 0 Å². The molecule has 166 valence electrons. The minimum absolute atomic E-state index is 0.0241. The molecule has 0 unspecified atom stereocenters. The van der Waals surface area contributed by atoms with E-state index >= 15 is 0 Å². The van der Waals surface area contributed by atoms with Crippen LogP contribution in [0.5, 0.6) is 0 Å². The van der Waals surface area contributed by atoms with Crippen LogP contribution in [-0.4, -0.2) is 33.5 Å². The van der Waals surface area contributed by atoms with Crippen molar-refractivity contribution < 1.29 is 14.3 Å². The smallest absolute Gasteiger partial charge is 0.232 e. The maximum Gasteiger partial charge on any atom is 0.232 e. The summed E-state index contributed by atoms with van der Waals surface area (Å²) in [5.41, 5.74) is -0.0844. The number of hydrogen-bond acceptors (Lipinski definition) is 5. The fourth-order valence-corrected chi connectivity index (χ4v) is 4.86. The molecule has 1 saturated carbocycles. The second-order valence-electron chi connectivity index (χ2n) is 8.90. The molecule has 0 radical (unpaired) electrons. The van der Waals surface area contributed by atoms with Gasteiger partial charge in [-0.05, 0) is 56.5 Å². The van der Waals surface area contributed by atoms with E-state index in [1.807, 2.05) is 6.07 Å². The van der Waals surface area contributed by atoms with Crippen molar-refractivity contribution in [1.82, 2.24) is 10.2 Å². The molecule has 2 aromatic rings. The molecule has 0 aromatic heterocycles. The molecule has 1 saturated heterocycles. The summed E-state index contributed by atoms with van der Waals surface area (Å²) in [6, 6.07) is 10.9. The van der Waals surface area contributed by atoms with Crippen LogP contribution < -0.4 is 10.6 Å². The molecule has 1 heterocycles. The van der Waals surface area contributed by atoms with Crippen LogP contribution in [0.15, 0.2) is 36.4 Å². The maximum absolute atomic E-state index is 13.5. The van der Waals surface area contributed by atoms with Crippen molar-refractivity contribution in [2.45, 2.75) is 50.3 Å². The van der Waals surface area contributed by atoms with E-state index < -0.39 is 17.0 Å². The molecule has 2 fully saturated rings. The fourth-order valence-electron chi connectivity index (χ4n) is 4.48. The van der Waals surface area contributed by atoms with Crippen molar-refractivity contribution in [2.75, 3.05) is 5.32 Å². The maximum atomic E-state index is 13.5. The quantitative estimate of drug-likeness (QED) is 0.557. The Bertz CT molecular complexity index is 1130. The van der Waals surface area contributed by atoms with Gasteiger partial charge in [0.15, 0.2) is 5.96 Å². The summed E-state index contributed by atoms with van der Waals surface area (Å²) in [7, 11) is 0. The zero-order chi connectivity index (χ0) is 23.3. The van der Waals surface area contributed by atoms with Gasteiger partial charge in [0.2, 0.25) is 5.91 Å². The molecule has 1 atom stereocenters. The zero-order valence-electron chi connectivity index (χ0n) is 17.7. The Morgan fingerprint density at radius 3 is 2.66 bits per heavy atom. The van der Waals surface area contributed by atoms with E-state index in [0.717, 1.165) is 6.07 Å². The van der Waals surface area contributed by atoms with Crippen molar-refractivity contribution >= 4 is 34.8 Å². The largest absolute Gasteiger partial charge is 0.390 e. The number of rotatable bonds is 4. The number of nitriles is 1. The number of guanidine groups is 1. The average Bonchev–Trinajstić information content (AvgIpc) is 2.68. The van der Waals surface area contributed by atoms with Gasteiger partial charge in [0.1, 0.15) is 11.9 Å². The minimum atomic E-state index is -0.924. The number of carbonyl (C=O) groups is 1. The number of nitrogens with zero attached hydrogens (tertiary/aromatic N) is 2. The van der Waals surface area contributed by atoms with Gasteiger partial charge in [-0.15, -0.1) is 0 Å². The van der Waals surface area contributed by atoms with E-state index in [-0.39, 0.29) is 29.9 Å². The topological polar surface area (TPSA) is 112 Å². The molecule has 32 heavy (non-hydrogen) atoms. The van der Waals surface area contributed by atoms with Crippen LogP contribution in [0, 0.1) is 22.6 Å². The van der Waals surface area contributed by atoms with Gasteiger partial charge in [-0.3, -0.25) is 15.1 Å². The predicted octanol–water partition coefficient (Wildman–Crippen LogP) is 3.98. The third-order valence-electron chi connectivity index (χ3n) is 6.09. The molecular formula is C23H23ClFN5O2. The van der Waals surface area contributed by atoms with Crippen LogP contribution in [0.3, 0.4) is 0 Å². The standard InChI is InChI=1S/C23H23ClFN5O2/c1-22(32)9-15(10-22)30-19(31)11-23(2,29-21(30)27)16-4-3-5-18(20(16)24)28-17-7-6-14(25)8-13(17)12-26/h3-8,15,28,32H,9-11H2,1-2H3,(H2,27,29)/t15-,22+,23-/m0/s1. The van der Waals surface area contributed by atoms with E-state index in [4.69, 9.17) is 17.0 Å². The number of aliphatic hydroxyl groups is 1. The third kappa shape index (κ3) is 3.90. The second-order valence-corrected chi connectivity index (χ2v) is 9.28. The lowest BCUT2D eigenvalue weighted by Gasteiger charge is -2.50. The number of amides is 1. The van der Waals surface area contributed by atoms with Gasteiger partial charge in [0.05, 0.1) is 39.5 Å². The number of carbonyl (C=O) groups excluding carboxylic acids is 1. The minimum Gasteiger partial charge on any atom is -0.390 e. The van der Waals surface area contributed by atoms with E-state index in [1.54, 1.807) is 32.0 Å². The highest BCUT2D eigenvalue weighted by atomic mass is 35.5. The molecule has 4 N–H and O–H groups in total. The predicted molar refractivity (Wildman–Crippen MR) is 119 cm³/mol. The van der Waals surface area contributed by atoms with Gasteiger partial charge >= 0.3 is 0 Å². The van der Waals surface area contributed by atoms with Crippen molar-refractivity contribution in [3.63, 3.8) is 0 Å². The molecule has 1 amide bonds. The summed E-state index contributed by atoms with van der Waals surface area (Å²) in [6.07, 6.45) is 0.939. The van der Waals surface area contributed by atoms with E-state index in [1.165, 1.54) is 17.0 Å². The first-order chi connectivity index (χ1) is 15.0. The van der Waals surface area contributed by atoms with Gasteiger partial charge in [0, 0.05) is 6.04 Å². The van der Waals surface area contributed by atoms with Crippen LogP contribution >= 0.6 is 11.6 Å². The van der Waals surface area contributed by atoms with Crippen LogP contribution in [-0.2, 0) is 10.3 Å². The molecule has 4 rings (SSSR count). The molecule has 2 aliphatic rings. The van der Waals surface area contributed by atoms with Crippen LogP contribution in [0.1, 0.15) is 44.2 Å². The Labute approximate surface area is 190 Å². The first-order valence-electron chi connectivity index (χ1n) is 10.2. The van der Waals surface area contributed by atoms with Crippen molar-refractivity contribution in [1.29, 1.82) is 10.7 Å². The Morgan fingerprint density at radius 2 is 2.03 bits per heavy atom. The molecule has 2 aromatic carbocycles. The summed E-state index contributed by atoms with van der Waals surface area (Å²) in [5, 5.41) is 34.3. The number of nitrogens with one attached hydrogen (secondary N) is 3. The Kier molecular flexibility index (Phi) is 5.35. The number of halogens is 2. The Morgan fingerprint density at radius 1 is 1.31 bits per heavy atom. The number of hydrogen-bond donors (Lipinski definition) is 4. The van der Waals surface area contributed by atoms with E-state index in [2.05, 4.69) is 10.6 Å². The Balaban J connectivity index is 1.60. The SMILES string of the molecule is C[C@@]1(c2cccc(Nc3ccc(F)cc3C#N)c2Cl)CC(=O)N([C@H]2C[C@@](C)(O)C2)C(=N)N1. The lowest BCUT2D eigenvalue weighted by Crippen LogP contribution is -2.66. The molecule has 9 heteroatoms. The highest BCUT2D eigenvalue weighted by Crippen LogP contribution is 2.41. The van der Waals surface area contributed by atoms with Gasteiger partial charge in [0.25, 0.3) is 0 Å². The monoisotopic (exact) mass is 455 g/mol. The van der Waals surface area contributed by atoms with Gasteiger partial charge in [-0.1, -0.05) is 23.7 Å². The van der Waals surface area contributed by atoms with Crippen molar-refractivity contribution in [3.8, 4) is 6.07 Å². The number of anilines is 2. The third-order valence-corrected chi connectivity index (χ3v) is 6.50. The first kappa shape index (κ1) is 22.1. The van der Waals surface area contributed by atoms with Crippen LogP contribution in [0.25, 0.3) is 0 Å². The first-order valence-corrected chi connectivity index (χ1v) is 10.6. The highest BCUT2D eigenvalue weighted by molar-refractivity contribution is 6.34. The van der Waals surface area contributed by atoms with Gasteiger partial charge < -0.3 is 15.7 Å². The lowest BCUT2D eigenvalue weighted by molar-refractivity contribution is -0.139. The lowest BCUT2D eigenvalue weighted by atomic mass is 9.75. The summed E-state index contributed by atoms with van der Waals surface area (Å²) in [6.45, 7) is 3.52. The molecular weight excluding hydrogens is 433 g/mol. The molecule has 0 bridgehead atoms. The molecule has 1 aliphatic heterocycles. The summed E-state index contributed by atoms with van der Waals surface area (Å²) >= 11 is 6.69. The van der Waals surface area contributed by atoms with E-state index in [0.29, 0.717) is 34.8 Å². The van der Waals surface area contributed by atoms with Crippen molar-refractivity contribution in [3.05, 3.63) is 58.4 Å². The zero-order valence-corrected chi connectivity index (χ0v) is 18.4. The molecule has 7 nitrogen and oxygen atoms in total. The fraction of sp³-hybridized carbons (Fsp3) is 0.348. The molecule has 0 spiro atoms. The van der Waals surface area contributed by atoms with Crippen LogP contribution in [0.2, 0.25) is 5.02 Å². The molecule has 1 aliphatic carbocycles.